The van der Waals surface area contributed by atoms with E-state index in [2.05, 4.69) is 15.6 Å². The molecule has 0 saturated carbocycles. The summed E-state index contributed by atoms with van der Waals surface area (Å²) in [5.74, 6) is -4.44. The molecule has 0 fully saturated rings. The van der Waals surface area contributed by atoms with Gasteiger partial charge in [-0.1, -0.05) is 0 Å². The second-order valence-electron chi connectivity index (χ2n) is 3.89. The Morgan fingerprint density at radius 2 is 1.80 bits per heavy atom. The van der Waals surface area contributed by atoms with Crippen LogP contribution >= 0.6 is 0 Å². The zero-order valence-corrected chi connectivity index (χ0v) is 10.4. The van der Waals surface area contributed by atoms with Crippen molar-refractivity contribution in [2.24, 2.45) is 0 Å². The lowest BCUT2D eigenvalue weighted by atomic mass is 10.2. The van der Waals surface area contributed by atoms with Gasteiger partial charge in [0.05, 0.1) is 0 Å². The van der Waals surface area contributed by atoms with Crippen LogP contribution in [-0.2, 0) is 0 Å². The number of anilines is 2. The number of pyridine rings is 1. The van der Waals surface area contributed by atoms with Crippen LogP contribution in [0, 0.1) is 17.5 Å². The van der Waals surface area contributed by atoms with Crippen LogP contribution in [0.1, 0.15) is 10.4 Å². The first-order chi connectivity index (χ1) is 9.51. The summed E-state index contributed by atoms with van der Waals surface area (Å²) in [6.45, 7) is 0. The smallest absolute Gasteiger partial charge is 0.255 e. The Morgan fingerprint density at radius 3 is 2.40 bits per heavy atom. The fourth-order valence-corrected chi connectivity index (χ4v) is 1.54. The van der Waals surface area contributed by atoms with Crippen LogP contribution in [0.15, 0.2) is 30.5 Å². The van der Waals surface area contributed by atoms with Crippen molar-refractivity contribution in [2.75, 3.05) is 17.7 Å². The van der Waals surface area contributed by atoms with Crippen molar-refractivity contribution in [1.82, 2.24) is 4.98 Å². The lowest BCUT2D eigenvalue weighted by molar-refractivity contribution is 0.102. The maximum Gasteiger partial charge on any atom is 0.255 e. The molecule has 0 aliphatic carbocycles. The molecule has 1 heterocycles. The molecular weight excluding hydrogens is 271 g/mol. The van der Waals surface area contributed by atoms with Gasteiger partial charge in [-0.15, -0.1) is 0 Å². The third kappa shape index (κ3) is 2.87. The molecule has 0 spiro atoms. The summed E-state index contributed by atoms with van der Waals surface area (Å²) >= 11 is 0. The number of carbonyl (C=O) groups excluding carboxylic acids is 1. The number of halogens is 3. The molecule has 0 saturated heterocycles. The van der Waals surface area contributed by atoms with Gasteiger partial charge in [0.2, 0.25) is 0 Å². The number of rotatable bonds is 3. The quantitative estimate of drug-likeness (QED) is 0.851. The van der Waals surface area contributed by atoms with Gasteiger partial charge in [0.1, 0.15) is 5.82 Å². The van der Waals surface area contributed by atoms with Crippen molar-refractivity contribution >= 4 is 17.4 Å². The highest BCUT2D eigenvalue weighted by molar-refractivity contribution is 6.04. The molecule has 4 nitrogen and oxygen atoms in total. The first kappa shape index (κ1) is 13.9. The second-order valence-corrected chi connectivity index (χ2v) is 3.89. The van der Waals surface area contributed by atoms with E-state index < -0.39 is 23.4 Å². The lowest BCUT2D eigenvalue weighted by Gasteiger charge is -2.07. The van der Waals surface area contributed by atoms with Gasteiger partial charge in [0.15, 0.2) is 17.5 Å². The topological polar surface area (TPSA) is 54.0 Å². The Balaban J connectivity index is 2.23. The average molecular weight is 281 g/mol. The van der Waals surface area contributed by atoms with Crippen LogP contribution in [0.25, 0.3) is 0 Å². The molecule has 104 valence electrons. The first-order valence-electron chi connectivity index (χ1n) is 5.61. The van der Waals surface area contributed by atoms with Gasteiger partial charge in [0.25, 0.3) is 5.91 Å². The summed E-state index contributed by atoms with van der Waals surface area (Å²) in [5.41, 5.74) is 0.0729. The molecule has 2 N–H and O–H groups in total. The Bertz CT molecular complexity index is 638. The van der Waals surface area contributed by atoms with E-state index in [1.165, 1.54) is 18.3 Å². The van der Waals surface area contributed by atoms with Crippen LogP contribution in [0.2, 0.25) is 0 Å². The molecule has 1 aromatic heterocycles. The molecule has 0 atom stereocenters. The normalized spacial score (nSPS) is 10.2. The SMILES string of the molecule is CNc1cc(C(=O)Nc2cc(F)c(F)c(F)c2)ccn1. The van der Waals surface area contributed by atoms with Gasteiger partial charge in [-0.05, 0) is 12.1 Å². The van der Waals surface area contributed by atoms with Crippen LogP contribution < -0.4 is 10.6 Å². The monoisotopic (exact) mass is 281 g/mol. The molecule has 0 unspecified atom stereocenters. The van der Waals surface area contributed by atoms with E-state index >= 15 is 0 Å². The van der Waals surface area contributed by atoms with E-state index in [-0.39, 0.29) is 11.3 Å². The highest BCUT2D eigenvalue weighted by atomic mass is 19.2. The van der Waals surface area contributed by atoms with Crippen LogP contribution in [-0.4, -0.2) is 17.9 Å². The number of amides is 1. The Labute approximate surface area is 112 Å². The van der Waals surface area contributed by atoms with E-state index in [0.717, 1.165) is 0 Å². The molecular formula is C13H10F3N3O. The maximum atomic E-state index is 13.0. The number of hydrogen-bond donors (Lipinski definition) is 2. The van der Waals surface area contributed by atoms with Crippen LogP contribution in [0.3, 0.4) is 0 Å². The molecule has 1 amide bonds. The van der Waals surface area contributed by atoms with E-state index in [4.69, 9.17) is 0 Å². The molecule has 2 aromatic rings. The summed E-state index contributed by atoms with van der Waals surface area (Å²) in [4.78, 5) is 15.8. The van der Waals surface area contributed by atoms with Gasteiger partial charge in [-0.25, -0.2) is 18.2 Å². The van der Waals surface area contributed by atoms with Crippen molar-refractivity contribution in [1.29, 1.82) is 0 Å². The minimum Gasteiger partial charge on any atom is -0.373 e. The lowest BCUT2D eigenvalue weighted by Crippen LogP contribution is -2.13. The number of benzene rings is 1. The molecule has 2 rings (SSSR count). The molecule has 0 radical (unpaired) electrons. The number of hydrogen-bond acceptors (Lipinski definition) is 3. The zero-order chi connectivity index (χ0) is 14.7. The standard InChI is InChI=1S/C13H10F3N3O/c1-17-11-4-7(2-3-18-11)13(20)19-8-5-9(14)12(16)10(15)6-8/h2-6H,1H3,(H,17,18)(H,19,20). The summed E-state index contributed by atoms with van der Waals surface area (Å²) in [6.07, 6.45) is 1.41. The molecule has 0 aliphatic heterocycles. The number of nitrogens with zero attached hydrogens (tertiary/aromatic N) is 1. The van der Waals surface area contributed by atoms with E-state index in [1.807, 2.05) is 0 Å². The van der Waals surface area contributed by atoms with Crippen molar-refractivity contribution in [3.05, 3.63) is 53.5 Å². The fraction of sp³-hybridized carbons (Fsp3) is 0.0769. The minimum atomic E-state index is -1.58. The number of nitrogens with one attached hydrogen (secondary N) is 2. The van der Waals surface area contributed by atoms with Gasteiger partial charge in [-0.3, -0.25) is 4.79 Å². The summed E-state index contributed by atoms with van der Waals surface area (Å²) in [6, 6.07) is 4.31. The molecule has 0 aliphatic rings. The summed E-state index contributed by atoms with van der Waals surface area (Å²) in [5, 5.41) is 5.03. The van der Waals surface area contributed by atoms with Crippen molar-refractivity contribution in [3.63, 3.8) is 0 Å². The predicted molar refractivity (Wildman–Crippen MR) is 68.1 cm³/mol. The molecule has 20 heavy (non-hydrogen) atoms. The third-order valence-electron chi connectivity index (χ3n) is 2.52. The summed E-state index contributed by atoms with van der Waals surface area (Å²) < 4.78 is 38.8. The third-order valence-corrected chi connectivity index (χ3v) is 2.52. The maximum absolute atomic E-state index is 13.0. The number of aromatic nitrogens is 1. The van der Waals surface area contributed by atoms with Crippen molar-refractivity contribution in [3.8, 4) is 0 Å². The fourth-order valence-electron chi connectivity index (χ4n) is 1.54. The van der Waals surface area contributed by atoms with Gasteiger partial charge in [0, 0.05) is 36.6 Å². The zero-order valence-electron chi connectivity index (χ0n) is 10.4. The highest BCUT2D eigenvalue weighted by Crippen LogP contribution is 2.18. The van der Waals surface area contributed by atoms with E-state index in [1.54, 1.807) is 7.05 Å². The Hall–Kier alpha value is -2.57. The molecule has 7 heteroatoms. The van der Waals surface area contributed by atoms with Crippen LogP contribution in [0.5, 0.6) is 0 Å². The first-order valence-corrected chi connectivity index (χ1v) is 5.61. The van der Waals surface area contributed by atoms with Crippen molar-refractivity contribution < 1.29 is 18.0 Å². The predicted octanol–water partition coefficient (Wildman–Crippen LogP) is 2.79. The van der Waals surface area contributed by atoms with E-state index in [9.17, 15) is 18.0 Å². The molecule has 0 bridgehead atoms. The van der Waals surface area contributed by atoms with Gasteiger partial charge in [-0.2, -0.15) is 0 Å². The largest absolute Gasteiger partial charge is 0.373 e. The molecule has 1 aromatic carbocycles. The highest BCUT2D eigenvalue weighted by Gasteiger charge is 2.13. The average Bonchev–Trinajstić information content (AvgIpc) is 2.44. The Kier molecular flexibility index (Phi) is 3.88. The van der Waals surface area contributed by atoms with Gasteiger partial charge >= 0.3 is 0 Å². The summed E-state index contributed by atoms with van der Waals surface area (Å²) in [7, 11) is 1.63. The Morgan fingerprint density at radius 1 is 1.15 bits per heavy atom. The van der Waals surface area contributed by atoms with E-state index in [0.29, 0.717) is 18.0 Å². The van der Waals surface area contributed by atoms with Gasteiger partial charge < -0.3 is 10.6 Å². The number of carbonyl (C=O) groups is 1. The van der Waals surface area contributed by atoms with Crippen molar-refractivity contribution in [2.45, 2.75) is 0 Å². The second kappa shape index (κ2) is 5.60. The van der Waals surface area contributed by atoms with Crippen LogP contribution in [0.4, 0.5) is 24.7 Å². The minimum absolute atomic E-state index is 0.172.